The predicted molar refractivity (Wildman–Crippen MR) is 71.0 cm³/mol. The van der Waals surface area contributed by atoms with Crippen molar-refractivity contribution in [3.63, 3.8) is 0 Å². The Bertz CT molecular complexity index is 597. The molecule has 1 aliphatic heterocycles. The van der Waals surface area contributed by atoms with E-state index in [0.717, 1.165) is 19.3 Å². The van der Waals surface area contributed by atoms with Crippen LogP contribution in [0.3, 0.4) is 0 Å². The van der Waals surface area contributed by atoms with Crippen molar-refractivity contribution in [2.24, 2.45) is 0 Å². The Kier molecular flexibility index (Phi) is 6.85. The van der Waals surface area contributed by atoms with Gasteiger partial charge < -0.3 is 4.55 Å². The molecule has 1 saturated heterocycles. The Hall–Kier alpha value is 0.240. The molecule has 106 valence electrons. The average molecular weight is 325 g/mol. The van der Waals surface area contributed by atoms with Crippen LogP contribution in [-0.2, 0) is 21.1 Å². The van der Waals surface area contributed by atoms with E-state index in [9.17, 15) is 17.2 Å². The second kappa shape index (κ2) is 7.49. The molecule has 20 heavy (non-hydrogen) atoms. The number of benzene rings is 1. The maximum Gasteiger partial charge on any atom is 1.00 e. The Morgan fingerprint density at radius 1 is 1.20 bits per heavy atom. The first-order chi connectivity index (χ1) is 8.93. The van der Waals surface area contributed by atoms with Gasteiger partial charge in [0.25, 0.3) is 0 Å². The van der Waals surface area contributed by atoms with Gasteiger partial charge in [0, 0.05) is 18.0 Å². The normalized spacial score (nSPS) is 18.3. The minimum absolute atomic E-state index is 0. The molecular formula is C12H16NNaO4S2. The van der Waals surface area contributed by atoms with Gasteiger partial charge in [0.2, 0.25) is 10.0 Å². The summed E-state index contributed by atoms with van der Waals surface area (Å²) in [6.45, 7) is 2.65. The first-order valence-corrected chi connectivity index (χ1v) is 8.64. The predicted octanol–water partition coefficient (Wildman–Crippen LogP) is -1.59. The van der Waals surface area contributed by atoms with Gasteiger partial charge in [0.1, 0.15) is 0 Å². The van der Waals surface area contributed by atoms with Crippen LogP contribution in [0.15, 0.2) is 28.0 Å². The first kappa shape index (κ1) is 18.3. The van der Waals surface area contributed by atoms with Gasteiger partial charge in [0.15, 0.2) is 0 Å². The summed E-state index contributed by atoms with van der Waals surface area (Å²) in [4.78, 5) is 0.0947. The number of rotatable bonds is 3. The van der Waals surface area contributed by atoms with E-state index in [1.165, 1.54) is 22.5 Å². The van der Waals surface area contributed by atoms with Crippen molar-refractivity contribution in [3.05, 3.63) is 23.8 Å². The molecule has 0 aliphatic carbocycles. The van der Waals surface area contributed by atoms with Crippen LogP contribution in [0.2, 0.25) is 0 Å². The average Bonchev–Trinajstić information content (AvgIpc) is 2.39. The van der Waals surface area contributed by atoms with Gasteiger partial charge in [-0.1, -0.05) is 12.5 Å². The number of hydrogen-bond donors (Lipinski definition) is 0. The van der Waals surface area contributed by atoms with E-state index in [1.807, 2.05) is 0 Å². The maximum atomic E-state index is 12.4. The Morgan fingerprint density at radius 2 is 1.80 bits per heavy atom. The molecule has 0 N–H and O–H groups in total. The molecule has 1 heterocycles. The van der Waals surface area contributed by atoms with E-state index >= 15 is 0 Å². The van der Waals surface area contributed by atoms with Crippen molar-refractivity contribution >= 4 is 21.1 Å². The van der Waals surface area contributed by atoms with Crippen LogP contribution in [0.4, 0.5) is 0 Å². The van der Waals surface area contributed by atoms with Crippen molar-refractivity contribution in [2.45, 2.75) is 36.0 Å². The smallest absolute Gasteiger partial charge is 0.768 e. The summed E-state index contributed by atoms with van der Waals surface area (Å²) in [7, 11) is -3.57. The monoisotopic (exact) mass is 325 g/mol. The van der Waals surface area contributed by atoms with Crippen LogP contribution in [0.1, 0.15) is 24.8 Å². The minimum atomic E-state index is -3.57. The van der Waals surface area contributed by atoms with Gasteiger partial charge in [-0.15, -0.1) is 0 Å². The summed E-state index contributed by atoms with van der Waals surface area (Å²) in [5.41, 5.74) is 0.547. The van der Waals surface area contributed by atoms with Gasteiger partial charge in [-0.05, 0) is 48.5 Å². The van der Waals surface area contributed by atoms with Crippen LogP contribution in [-0.4, -0.2) is 34.6 Å². The summed E-state index contributed by atoms with van der Waals surface area (Å²) in [6, 6.07) is 4.24. The van der Waals surface area contributed by atoms with Crippen LogP contribution >= 0.6 is 0 Å². The van der Waals surface area contributed by atoms with Gasteiger partial charge in [-0.25, -0.2) is 8.42 Å². The number of hydrogen-bond acceptors (Lipinski definition) is 4. The van der Waals surface area contributed by atoms with E-state index in [4.69, 9.17) is 0 Å². The second-order valence-corrected chi connectivity index (χ2v) is 7.47. The molecule has 1 aromatic carbocycles. The van der Waals surface area contributed by atoms with Crippen molar-refractivity contribution in [3.8, 4) is 0 Å². The molecule has 0 saturated carbocycles. The number of nitrogens with zero attached hydrogens (tertiary/aromatic N) is 1. The minimum Gasteiger partial charge on any atom is -0.768 e. The third-order valence-corrected chi connectivity index (χ3v) is 5.99. The molecule has 0 radical (unpaired) electrons. The van der Waals surface area contributed by atoms with E-state index in [0.29, 0.717) is 18.7 Å². The van der Waals surface area contributed by atoms with Crippen LogP contribution in [0.25, 0.3) is 0 Å². The molecule has 8 heteroatoms. The van der Waals surface area contributed by atoms with Crippen LogP contribution < -0.4 is 29.6 Å². The van der Waals surface area contributed by atoms with Crippen molar-refractivity contribution < 1.29 is 46.7 Å². The van der Waals surface area contributed by atoms with Gasteiger partial charge in [-0.2, -0.15) is 4.31 Å². The summed E-state index contributed by atoms with van der Waals surface area (Å²) in [5.74, 6) is 0. The Labute approximate surface area is 144 Å². The summed E-state index contributed by atoms with van der Waals surface area (Å²) < 4.78 is 48.4. The summed E-state index contributed by atoms with van der Waals surface area (Å²) in [6.07, 6.45) is 2.74. The van der Waals surface area contributed by atoms with Crippen molar-refractivity contribution in [2.75, 3.05) is 13.1 Å². The molecule has 0 spiro atoms. The molecule has 1 aromatic rings. The molecule has 0 aromatic heterocycles. The molecule has 1 fully saturated rings. The summed E-state index contributed by atoms with van der Waals surface area (Å²) in [5, 5.41) is 0. The maximum absolute atomic E-state index is 12.4. The quantitative estimate of drug-likeness (QED) is 0.496. The van der Waals surface area contributed by atoms with E-state index in [1.54, 1.807) is 6.92 Å². The fourth-order valence-corrected chi connectivity index (χ4v) is 4.35. The number of piperidine rings is 1. The topological polar surface area (TPSA) is 77.5 Å². The van der Waals surface area contributed by atoms with Gasteiger partial charge in [-0.3, -0.25) is 4.21 Å². The molecule has 2 rings (SSSR count). The van der Waals surface area contributed by atoms with Gasteiger partial charge in [0.05, 0.1) is 4.90 Å². The van der Waals surface area contributed by atoms with E-state index in [2.05, 4.69) is 0 Å². The van der Waals surface area contributed by atoms with Crippen LogP contribution in [0, 0.1) is 6.92 Å². The molecule has 0 amide bonds. The molecule has 0 bridgehead atoms. The standard InChI is InChI=1S/C12H17NO4S2.Na/c1-10-5-6-11(9-12(10)18(14)15)19(16,17)13-7-3-2-4-8-13;/h5-6,9H,2-4,7-8H2,1H3,(H,14,15);/q;+1/p-1. The Morgan fingerprint density at radius 3 is 2.35 bits per heavy atom. The van der Waals surface area contributed by atoms with Gasteiger partial charge >= 0.3 is 29.6 Å². The zero-order valence-electron chi connectivity index (χ0n) is 11.7. The Balaban J connectivity index is 0.00000200. The third kappa shape index (κ3) is 3.91. The van der Waals surface area contributed by atoms with Crippen molar-refractivity contribution in [1.82, 2.24) is 4.31 Å². The molecule has 1 aliphatic rings. The van der Waals surface area contributed by atoms with Crippen molar-refractivity contribution in [1.29, 1.82) is 0 Å². The molecule has 5 nitrogen and oxygen atoms in total. The first-order valence-electron chi connectivity index (χ1n) is 6.13. The van der Waals surface area contributed by atoms with E-state index < -0.39 is 21.1 Å². The SMILES string of the molecule is Cc1ccc(S(=O)(=O)N2CCCCC2)cc1S(=O)[O-].[Na+]. The fourth-order valence-electron chi connectivity index (χ4n) is 2.17. The third-order valence-electron chi connectivity index (χ3n) is 3.29. The zero-order valence-corrected chi connectivity index (χ0v) is 15.3. The number of sulfonamides is 1. The van der Waals surface area contributed by atoms with E-state index in [-0.39, 0.29) is 39.3 Å². The summed E-state index contributed by atoms with van der Waals surface area (Å²) >= 11 is -2.42. The second-order valence-electron chi connectivity index (χ2n) is 4.63. The number of aryl methyl sites for hydroxylation is 1. The fraction of sp³-hybridized carbons (Fsp3) is 0.500. The largest absolute Gasteiger partial charge is 1.00 e. The molecule has 1 atom stereocenters. The van der Waals surface area contributed by atoms with Crippen LogP contribution in [0.5, 0.6) is 0 Å². The zero-order chi connectivity index (χ0) is 14.0. The molecule has 1 unspecified atom stereocenters. The molecular weight excluding hydrogens is 309 g/mol.